The Hall–Kier alpha value is -0.710. The molecule has 1 amide bonds. The van der Waals surface area contributed by atoms with Crippen LogP contribution in [0.25, 0.3) is 0 Å². The van der Waals surface area contributed by atoms with Gasteiger partial charge in [0.15, 0.2) is 0 Å². The summed E-state index contributed by atoms with van der Waals surface area (Å²) in [7, 11) is 0. The van der Waals surface area contributed by atoms with Gasteiger partial charge in [-0.05, 0) is 12.8 Å². The lowest BCUT2D eigenvalue weighted by Crippen LogP contribution is -2.41. The number of carbonyl (C=O) groups is 1. The van der Waals surface area contributed by atoms with Crippen molar-refractivity contribution in [3.63, 3.8) is 0 Å². The third-order valence-electron chi connectivity index (χ3n) is 2.35. The largest absolute Gasteiger partial charge is 0.352 e. The molecule has 1 heterocycles. The number of alkyl halides is 2. The van der Waals surface area contributed by atoms with Gasteiger partial charge in [0.25, 0.3) is 5.92 Å². The summed E-state index contributed by atoms with van der Waals surface area (Å²) in [6, 6.07) is -0.459. The van der Waals surface area contributed by atoms with Gasteiger partial charge in [-0.3, -0.25) is 10.1 Å². The number of rotatable bonds is 2. The lowest BCUT2D eigenvalue weighted by atomic mass is 10.2. The molecule has 2 aliphatic rings. The Bertz CT molecular complexity index is 228. The molecule has 0 aromatic heterocycles. The van der Waals surface area contributed by atoms with Crippen molar-refractivity contribution >= 4 is 5.91 Å². The summed E-state index contributed by atoms with van der Waals surface area (Å²) in [5, 5.41) is 5.22. The van der Waals surface area contributed by atoms with E-state index in [1.54, 1.807) is 0 Å². The molecule has 74 valence electrons. The van der Waals surface area contributed by atoms with Gasteiger partial charge < -0.3 is 5.32 Å². The highest BCUT2D eigenvalue weighted by Gasteiger charge is 2.43. The van der Waals surface area contributed by atoms with Crippen LogP contribution in [-0.2, 0) is 4.79 Å². The predicted octanol–water partition coefficient (Wildman–Crippen LogP) is 0.262. The van der Waals surface area contributed by atoms with Gasteiger partial charge in [0.05, 0.1) is 12.6 Å². The van der Waals surface area contributed by atoms with Crippen LogP contribution in [0.5, 0.6) is 0 Å². The molecular formula is C8H12F2N2O. The van der Waals surface area contributed by atoms with Crippen molar-refractivity contribution < 1.29 is 13.6 Å². The van der Waals surface area contributed by atoms with E-state index in [0.717, 1.165) is 12.8 Å². The molecule has 1 aliphatic carbocycles. The highest BCUT2D eigenvalue weighted by molar-refractivity contribution is 5.82. The van der Waals surface area contributed by atoms with Gasteiger partial charge in [-0.25, -0.2) is 8.78 Å². The molecule has 2 N–H and O–H groups in total. The Labute approximate surface area is 74.9 Å². The van der Waals surface area contributed by atoms with Crippen molar-refractivity contribution in [2.45, 2.75) is 37.3 Å². The second-order valence-corrected chi connectivity index (χ2v) is 3.78. The summed E-state index contributed by atoms with van der Waals surface area (Å²) >= 11 is 0. The van der Waals surface area contributed by atoms with E-state index >= 15 is 0 Å². The average Bonchev–Trinajstić information content (AvgIpc) is 2.75. The van der Waals surface area contributed by atoms with Crippen LogP contribution >= 0.6 is 0 Å². The van der Waals surface area contributed by atoms with Crippen molar-refractivity contribution in [2.24, 2.45) is 0 Å². The molecule has 0 bridgehead atoms. The monoisotopic (exact) mass is 190 g/mol. The van der Waals surface area contributed by atoms with Crippen molar-refractivity contribution in [3.8, 4) is 0 Å². The minimum atomic E-state index is -2.72. The van der Waals surface area contributed by atoms with Gasteiger partial charge in [-0.15, -0.1) is 0 Å². The maximum atomic E-state index is 12.7. The van der Waals surface area contributed by atoms with Crippen LogP contribution in [0.2, 0.25) is 0 Å². The molecule has 5 heteroatoms. The highest BCUT2D eigenvalue weighted by Crippen LogP contribution is 2.26. The lowest BCUT2D eigenvalue weighted by molar-refractivity contribution is -0.123. The van der Waals surface area contributed by atoms with E-state index in [1.165, 1.54) is 0 Å². The molecule has 0 radical (unpaired) electrons. The second kappa shape index (κ2) is 2.90. The van der Waals surface area contributed by atoms with Crippen LogP contribution in [0.1, 0.15) is 19.3 Å². The fraction of sp³-hybridized carbons (Fsp3) is 0.875. The molecule has 0 spiro atoms. The van der Waals surface area contributed by atoms with E-state index in [4.69, 9.17) is 0 Å². The number of hydrogen-bond donors (Lipinski definition) is 2. The Morgan fingerprint density at radius 1 is 1.46 bits per heavy atom. The Balaban J connectivity index is 1.83. The zero-order valence-corrected chi connectivity index (χ0v) is 7.15. The molecule has 1 unspecified atom stereocenters. The van der Waals surface area contributed by atoms with Gasteiger partial charge in [-0.2, -0.15) is 0 Å². The summed E-state index contributed by atoms with van der Waals surface area (Å²) in [5.74, 6) is -2.99. The number of carbonyl (C=O) groups excluding carboxylic acids is 1. The summed E-state index contributed by atoms with van der Waals surface area (Å²) in [5.41, 5.74) is 0. The quantitative estimate of drug-likeness (QED) is 0.656. The Morgan fingerprint density at radius 3 is 2.62 bits per heavy atom. The molecule has 1 saturated heterocycles. The van der Waals surface area contributed by atoms with E-state index in [-0.39, 0.29) is 24.9 Å². The maximum Gasteiger partial charge on any atom is 0.262 e. The summed E-state index contributed by atoms with van der Waals surface area (Å²) in [4.78, 5) is 11.3. The van der Waals surface area contributed by atoms with Crippen LogP contribution < -0.4 is 10.6 Å². The zero-order chi connectivity index (χ0) is 9.47. The molecule has 3 nitrogen and oxygen atoms in total. The van der Waals surface area contributed by atoms with Crippen LogP contribution in [0, 0.1) is 0 Å². The molecule has 0 aromatic rings. The minimum absolute atomic E-state index is 0.239. The molecule has 2 fully saturated rings. The highest BCUT2D eigenvalue weighted by atomic mass is 19.3. The van der Waals surface area contributed by atoms with E-state index in [1.807, 2.05) is 0 Å². The Kier molecular flexibility index (Phi) is 1.98. The van der Waals surface area contributed by atoms with Crippen LogP contribution in [0.4, 0.5) is 8.78 Å². The summed E-state index contributed by atoms with van der Waals surface area (Å²) in [6.07, 6.45) is 1.59. The van der Waals surface area contributed by atoms with E-state index in [0.29, 0.717) is 0 Å². The topological polar surface area (TPSA) is 41.1 Å². The summed E-state index contributed by atoms with van der Waals surface area (Å²) in [6.45, 7) is -0.379. The van der Waals surface area contributed by atoms with E-state index in [2.05, 4.69) is 10.6 Å². The minimum Gasteiger partial charge on any atom is -0.352 e. The van der Waals surface area contributed by atoms with Crippen molar-refractivity contribution in [3.05, 3.63) is 0 Å². The number of hydrogen-bond acceptors (Lipinski definition) is 2. The van der Waals surface area contributed by atoms with Crippen molar-refractivity contribution in [2.75, 3.05) is 6.54 Å². The van der Waals surface area contributed by atoms with Crippen LogP contribution in [-0.4, -0.2) is 30.5 Å². The standard InChI is InChI=1S/C8H12F2N2O/c9-8(10)3-6(11-4-8)7(13)12-5-1-2-5/h5-6,11H,1-4H2,(H,12,13). The number of halogens is 2. The van der Waals surface area contributed by atoms with Gasteiger partial charge in [0.1, 0.15) is 0 Å². The fourth-order valence-electron chi connectivity index (χ4n) is 1.43. The second-order valence-electron chi connectivity index (χ2n) is 3.78. The molecular weight excluding hydrogens is 178 g/mol. The number of amides is 1. The van der Waals surface area contributed by atoms with E-state index in [9.17, 15) is 13.6 Å². The first-order chi connectivity index (χ1) is 6.07. The van der Waals surface area contributed by atoms with Crippen LogP contribution in [0.15, 0.2) is 0 Å². The van der Waals surface area contributed by atoms with Crippen molar-refractivity contribution in [1.82, 2.24) is 10.6 Å². The first-order valence-corrected chi connectivity index (χ1v) is 4.48. The smallest absolute Gasteiger partial charge is 0.262 e. The first kappa shape index (κ1) is 8.87. The van der Waals surface area contributed by atoms with Gasteiger partial charge in [0.2, 0.25) is 5.91 Å². The SMILES string of the molecule is O=C(NC1CC1)C1CC(F)(F)CN1. The molecule has 2 rings (SSSR count). The van der Waals surface area contributed by atoms with Crippen LogP contribution in [0.3, 0.4) is 0 Å². The van der Waals surface area contributed by atoms with E-state index < -0.39 is 12.0 Å². The first-order valence-electron chi connectivity index (χ1n) is 4.48. The zero-order valence-electron chi connectivity index (χ0n) is 7.15. The Morgan fingerprint density at radius 2 is 2.15 bits per heavy atom. The summed E-state index contributed by atoms with van der Waals surface area (Å²) < 4.78 is 25.3. The molecule has 13 heavy (non-hydrogen) atoms. The van der Waals surface area contributed by atoms with Gasteiger partial charge >= 0.3 is 0 Å². The molecule has 1 atom stereocenters. The van der Waals surface area contributed by atoms with Gasteiger partial charge in [0, 0.05) is 12.5 Å². The number of nitrogens with one attached hydrogen (secondary N) is 2. The maximum absolute atomic E-state index is 12.7. The van der Waals surface area contributed by atoms with Gasteiger partial charge in [-0.1, -0.05) is 0 Å². The third-order valence-corrected chi connectivity index (χ3v) is 2.35. The fourth-order valence-corrected chi connectivity index (χ4v) is 1.43. The van der Waals surface area contributed by atoms with Crippen molar-refractivity contribution in [1.29, 1.82) is 0 Å². The lowest BCUT2D eigenvalue weighted by Gasteiger charge is -2.09. The predicted molar refractivity (Wildman–Crippen MR) is 42.5 cm³/mol. The molecule has 0 aromatic carbocycles. The molecule has 1 aliphatic heterocycles. The third kappa shape index (κ3) is 2.15. The normalized spacial score (nSPS) is 31.7. The average molecular weight is 190 g/mol. The molecule has 1 saturated carbocycles.